The number of nitrogens with one attached hydrogen (secondary N) is 1. The maximum Gasteiger partial charge on any atom is 0.0558 e. The van der Waals surface area contributed by atoms with E-state index in [-0.39, 0.29) is 6.61 Å². The molecule has 0 amide bonds. The fourth-order valence-electron chi connectivity index (χ4n) is 2.61. The van der Waals surface area contributed by atoms with E-state index >= 15 is 0 Å². The number of rotatable bonds is 12. The van der Waals surface area contributed by atoms with Gasteiger partial charge in [-0.15, -0.1) is 0 Å². The molecule has 0 fully saturated rings. The minimum atomic E-state index is 0.267. The molecule has 1 atom stereocenters. The maximum atomic E-state index is 9.22. The van der Waals surface area contributed by atoms with Crippen LogP contribution in [0.2, 0.25) is 0 Å². The quantitative estimate of drug-likeness (QED) is 0.573. The van der Waals surface area contributed by atoms with Gasteiger partial charge in [0.1, 0.15) is 0 Å². The van der Waals surface area contributed by atoms with E-state index in [1.165, 1.54) is 25.7 Å². The van der Waals surface area contributed by atoms with Crippen molar-refractivity contribution in [3.8, 4) is 0 Å². The predicted octanol–water partition coefficient (Wildman–Crippen LogP) is 2.89. The Kier molecular flexibility index (Phi) is 10.6. The Morgan fingerprint density at radius 3 is 2.32 bits per heavy atom. The number of hydrogen-bond acceptors (Lipinski definition) is 3. The summed E-state index contributed by atoms with van der Waals surface area (Å²) in [4.78, 5) is 2.43. The Bertz CT molecular complexity index is 209. The predicted molar refractivity (Wildman–Crippen MR) is 84.6 cm³/mol. The van der Waals surface area contributed by atoms with Crippen LogP contribution in [-0.4, -0.2) is 48.8 Å². The number of hydrogen-bond donors (Lipinski definition) is 2. The highest BCUT2D eigenvalue weighted by Gasteiger charge is 2.26. The zero-order valence-electron chi connectivity index (χ0n) is 13.8. The highest BCUT2D eigenvalue weighted by Crippen LogP contribution is 2.24. The fourth-order valence-corrected chi connectivity index (χ4v) is 2.61. The molecule has 0 aliphatic heterocycles. The molecule has 0 aromatic heterocycles. The van der Waals surface area contributed by atoms with Gasteiger partial charge in [-0.2, -0.15) is 0 Å². The fraction of sp³-hybridized carbons (Fsp3) is 1.00. The highest BCUT2D eigenvalue weighted by molar-refractivity contribution is 4.81. The van der Waals surface area contributed by atoms with E-state index in [4.69, 9.17) is 0 Å². The van der Waals surface area contributed by atoms with Crippen molar-refractivity contribution in [3.05, 3.63) is 0 Å². The molecule has 0 radical (unpaired) electrons. The summed E-state index contributed by atoms with van der Waals surface area (Å²) in [5.41, 5.74) is 0.307. The molecule has 2 N–H and O–H groups in total. The van der Waals surface area contributed by atoms with Crippen molar-refractivity contribution in [2.24, 2.45) is 5.41 Å². The van der Waals surface area contributed by atoms with E-state index in [9.17, 15) is 5.11 Å². The third-order valence-electron chi connectivity index (χ3n) is 3.64. The van der Waals surface area contributed by atoms with Crippen LogP contribution in [0.25, 0.3) is 0 Å². The lowest BCUT2D eigenvalue weighted by atomic mass is 9.84. The van der Waals surface area contributed by atoms with E-state index in [1.54, 1.807) is 0 Å². The van der Waals surface area contributed by atoms with Crippen molar-refractivity contribution in [1.82, 2.24) is 10.2 Å². The molecule has 1 unspecified atom stereocenters. The van der Waals surface area contributed by atoms with Gasteiger partial charge < -0.3 is 15.3 Å². The maximum absolute atomic E-state index is 9.22. The third kappa shape index (κ3) is 9.42. The molecule has 0 heterocycles. The summed E-state index contributed by atoms with van der Waals surface area (Å²) >= 11 is 0. The Morgan fingerprint density at radius 1 is 1.16 bits per heavy atom. The van der Waals surface area contributed by atoms with Gasteiger partial charge in [0, 0.05) is 25.7 Å². The van der Waals surface area contributed by atoms with Crippen LogP contribution in [-0.2, 0) is 0 Å². The second-order valence-corrected chi connectivity index (χ2v) is 6.45. The van der Waals surface area contributed by atoms with Gasteiger partial charge in [-0.1, -0.05) is 47.5 Å². The lowest BCUT2D eigenvalue weighted by Gasteiger charge is -2.36. The number of aliphatic hydroxyl groups excluding tert-OH is 1. The van der Waals surface area contributed by atoms with Gasteiger partial charge in [-0.3, -0.25) is 0 Å². The molecular weight excluding hydrogens is 236 g/mol. The van der Waals surface area contributed by atoms with Gasteiger partial charge >= 0.3 is 0 Å². The van der Waals surface area contributed by atoms with Gasteiger partial charge in [0.15, 0.2) is 0 Å². The molecule has 0 aromatic rings. The minimum Gasteiger partial charge on any atom is -0.395 e. The van der Waals surface area contributed by atoms with E-state index < -0.39 is 0 Å². The summed E-state index contributed by atoms with van der Waals surface area (Å²) < 4.78 is 0. The molecule has 0 spiro atoms. The molecule has 0 saturated heterocycles. The van der Waals surface area contributed by atoms with Crippen molar-refractivity contribution >= 4 is 0 Å². The average molecular weight is 272 g/mol. The van der Waals surface area contributed by atoms with Crippen molar-refractivity contribution in [3.63, 3.8) is 0 Å². The molecule has 3 nitrogen and oxygen atoms in total. The summed E-state index contributed by atoms with van der Waals surface area (Å²) in [6.45, 7) is 15.6. The lowest BCUT2D eigenvalue weighted by molar-refractivity contribution is 0.122. The Hall–Kier alpha value is -0.120. The number of nitrogens with zero attached hydrogens (tertiary/aromatic N) is 1. The van der Waals surface area contributed by atoms with Crippen LogP contribution < -0.4 is 5.32 Å². The first kappa shape index (κ1) is 18.9. The van der Waals surface area contributed by atoms with Crippen LogP contribution in [0.5, 0.6) is 0 Å². The molecule has 0 rings (SSSR count). The van der Waals surface area contributed by atoms with Crippen LogP contribution in [0.3, 0.4) is 0 Å². The van der Waals surface area contributed by atoms with Crippen molar-refractivity contribution < 1.29 is 5.11 Å². The monoisotopic (exact) mass is 272 g/mol. The molecular formula is C16H36N2O. The van der Waals surface area contributed by atoms with Crippen molar-refractivity contribution in [2.45, 2.75) is 66.3 Å². The Labute approximate surface area is 120 Å². The van der Waals surface area contributed by atoms with Gasteiger partial charge in [-0.05, 0) is 24.8 Å². The topological polar surface area (TPSA) is 35.5 Å². The second kappa shape index (κ2) is 10.6. The standard InChI is InChI=1S/C16H36N2O/c1-6-8-10-18(11-12-19)14-16(5,9-7-2)13-17-15(3)4/h15,17,19H,6-14H2,1-5H3. The van der Waals surface area contributed by atoms with E-state index in [1.807, 2.05) is 0 Å². The van der Waals surface area contributed by atoms with Crippen LogP contribution in [0.15, 0.2) is 0 Å². The molecule has 116 valence electrons. The van der Waals surface area contributed by atoms with Crippen LogP contribution >= 0.6 is 0 Å². The zero-order valence-corrected chi connectivity index (χ0v) is 13.8. The first-order valence-corrected chi connectivity index (χ1v) is 8.04. The molecule has 0 saturated carbocycles. The Morgan fingerprint density at radius 2 is 1.84 bits per heavy atom. The summed E-state index contributed by atoms with van der Waals surface area (Å²) in [6.07, 6.45) is 4.90. The molecule has 0 aliphatic rings. The number of unbranched alkanes of at least 4 members (excludes halogenated alkanes) is 1. The SMILES string of the molecule is CCCCN(CCO)CC(C)(CCC)CNC(C)C. The third-order valence-corrected chi connectivity index (χ3v) is 3.64. The molecule has 0 bridgehead atoms. The van der Waals surface area contributed by atoms with Gasteiger partial charge in [0.05, 0.1) is 6.61 Å². The summed E-state index contributed by atoms with van der Waals surface area (Å²) in [5.74, 6) is 0. The minimum absolute atomic E-state index is 0.267. The van der Waals surface area contributed by atoms with Crippen molar-refractivity contribution in [2.75, 3.05) is 32.8 Å². The number of aliphatic hydroxyl groups is 1. The first-order valence-electron chi connectivity index (χ1n) is 8.04. The van der Waals surface area contributed by atoms with Crippen molar-refractivity contribution in [1.29, 1.82) is 0 Å². The summed E-state index contributed by atoms with van der Waals surface area (Å²) in [7, 11) is 0. The zero-order chi connectivity index (χ0) is 14.7. The highest BCUT2D eigenvalue weighted by atomic mass is 16.3. The lowest BCUT2D eigenvalue weighted by Crippen LogP contribution is -2.45. The van der Waals surface area contributed by atoms with Gasteiger partial charge in [0.25, 0.3) is 0 Å². The van der Waals surface area contributed by atoms with Gasteiger partial charge in [0.2, 0.25) is 0 Å². The molecule has 3 heteroatoms. The van der Waals surface area contributed by atoms with E-state index in [2.05, 4.69) is 44.8 Å². The Balaban J connectivity index is 4.46. The summed E-state index contributed by atoms with van der Waals surface area (Å²) in [5, 5.41) is 12.8. The van der Waals surface area contributed by atoms with E-state index in [0.717, 1.165) is 26.2 Å². The summed E-state index contributed by atoms with van der Waals surface area (Å²) in [6, 6.07) is 0.540. The first-order chi connectivity index (χ1) is 8.97. The second-order valence-electron chi connectivity index (χ2n) is 6.45. The largest absolute Gasteiger partial charge is 0.395 e. The van der Waals surface area contributed by atoms with E-state index in [0.29, 0.717) is 11.5 Å². The molecule has 19 heavy (non-hydrogen) atoms. The molecule has 0 aromatic carbocycles. The normalized spacial score (nSPS) is 15.2. The van der Waals surface area contributed by atoms with Crippen LogP contribution in [0, 0.1) is 5.41 Å². The van der Waals surface area contributed by atoms with Gasteiger partial charge in [-0.25, -0.2) is 0 Å². The van der Waals surface area contributed by atoms with Crippen LogP contribution in [0.4, 0.5) is 0 Å². The molecule has 0 aliphatic carbocycles. The van der Waals surface area contributed by atoms with Crippen LogP contribution in [0.1, 0.15) is 60.3 Å². The average Bonchev–Trinajstić information content (AvgIpc) is 2.34. The smallest absolute Gasteiger partial charge is 0.0558 e.